The summed E-state index contributed by atoms with van der Waals surface area (Å²) in [6, 6.07) is 4.39. The van der Waals surface area contributed by atoms with Crippen molar-refractivity contribution in [3.05, 3.63) is 23.2 Å². The summed E-state index contributed by atoms with van der Waals surface area (Å²) in [6.45, 7) is 1.13. The molecule has 0 aliphatic carbocycles. The van der Waals surface area contributed by atoms with Crippen molar-refractivity contribution in [2.75, 3.05) is 20.3 Å². The van der Waals surface area contributed by atoms with E-state index in [1.54, 1.807) is 0 Å². The van der Waals surface area contributed by atoms with Crippen LogP contribution in [0.15, 0.2) is 23.1 Å². The number of rotatable bonds is 6. The van der Waals surface area contributed by atoms with Crippen LogP contribution in [0.25, 0.3) is 0 Å². The average Bonchev–Trinajstić information content (AvgIpc) is 2.91. The lowest BCUT2D eigenvalue weighted by molar-refractivity contribution is 0.105. The zero-order valence-electron chi connectivity index (χ0n) is 11.3. The topological polar surface area (TPSA) is 64.6 Å². The molecule has 1 saturated heterocycles. The zero-order valence-corrected chi connectivity index (χ0v) is 12.8. The summed E-state index contributed by atoms with van der Waals surface area (Å²) in [4.78, 5) is 0.135. The minimum atomic E-state index is -3.55. The van der Waals surface area contributed by atoms with Gasteiger partial charge in [0.1, 0.15) is 5.75 Å². The van der Waals surface area contributed by atoms with Crippen molar-refractivity contribution in [3.63, 3.8) is 0 Å². The van der Waals surface area contributed by atoms with Crippen molar-refractivity contribution < 1.29 is 17.9 Å². The Hall–Kier alpha value is -0.820. The Kier molecular flexibility index (Phi) is 5.26. The minimum Gasteiger partial charge on any atom is -0.495 e. The fourth-order valence-corrected chi connectivity index (χ4v) is 3.52. The Morgan fingerprint density at radius 2 is 2.30 bits per heavy atom. The van der Waals surface area contributed by atoms with E-state index in [4.69, 9.17) is 21.1 Å². The largest absolute Gasteiger partial charge is 0.495 e. The van der Waals surface area contributed by atoms with Gasteiger partial charge in [-0.1, -0.05) is 11.6 Å². The molecule has 1 fully saturated rings. The van der Waals surface area contributed by atoms with E-state index < -0.39 is 10.0 Å². The van der Waals surface area contributed by atoms with Gasteiger partial charge in [0, 0.05) is 13.2 Å². The number of methoxy groups -OCH3 is 1. The smallest absolute Gasteiger partial charge is 0.240 e. The van der Waals surface area contributed by atoms with Crippen molar-refractivity contribution >= 4 is 21.6 Å². The Bertz CT molecular complexity index is 555. The molecule has 7 heteroatoms. The predicted molar refractivity (Wildman–Crippen MR) is 76.8 cm³/mol. The number of ether oxygens (including phenoxy) is 2. The minimum absolute atomic E-state index is 0.135. The van der Waals surface area contributed by atoms with Gasteiger partial charge in [0.25, 0.3) is 0 Å². The third kappa shape index (κ3) is 3.85. The van der Waals surface area contributed by atoms with Crippen LogP contribution in [-0.4, -0.2) is 34.8 Å². The molecule has 0 saturated carbocycles. The molecule has 1 N–H and O–H groups in total. The Balaban J connectivity index is 1.96. The molecule has 20 heavy (non-hydrogen) atoms. The maximum atomic E-state index is 12.1. The summed E-state index contributed by atoms with van der Waals surface area (Å²) in [5.41, 5.74) is 0. The second kappa shape index (κ2) is 6.76. The molecule has 1 aliphatic rings. The second-order valence-corrected chi connectivity index (χ2v) is 6.79. The Morgan fingerprint density at radius 3 is 2.90 bits per heavy atom. The van der Waals surface area contributed by atoms with E-state index in [-0.39, 0.29) is 16.0 Å². The predicted octanol–water partition coefficient (Wildman–Crippen LogP) is 2.20. The number of hydrogen-bond donors (Lipinski definition) is 1. The van der Waals surface area contributed by atoms with Gasteiger partial charge in [-0.25, -0.2) is 13.1 Å². The molecule has 1 heterocycles. The summed E-state index contributed by atoms with van der Waals surface area (Å²) < 4.78 is 37.2. The van der Waals surface area contributed by atoms with Crippen molar-refractivity contribution in [2.45, 2.75) is 30.3 Å². The lowest BCUT2D eigenvalue weighted by Gasteiger charge is -2.11. The molecular formula is C13H18ClNO4S. The van der Waals surface area contributed by atoms with E-state index >= 15 is 0 Å². The van der Waals surface area contributed by atoms with Gasteiger partial charge in [0.15, 0.2) is 0 Å². The van der Waals surface area contributed by atoms with Crippen LogP contribution in [0.3, 0.4) is 0 Å². The molecule has 1 aliphatic heterocycles. The first-order valence-corrected chi connectivity index (χ1v) is 8.34. The molecule has 0 aromatic heterocycles. The molecule has 0 bridgehead atoms. The zero-order chi connectivity index (χ0) is 14.6. The fourth-order valence-electron chi connectivity index (χ4n) is 2.12. The third-order valence-electron chi connectivity index (χ3n) is 3.22. The molecule has 0 amide bonds. The summed E-state index contributed by atoms with van der Waals surface area (Å²) in [5, 5.41) is 0.273. The van der Waals surface area contributed by atoms with Gasteiger partial charge in [0.2, 0.25) is 10.0 Å². The molecule has 112 valence electrons. The quantitative estimate of drug-likeness (QED) is 0.873. The molecule has 1 atom stereocenters. The number of benzene rings is 1. The lowest BCUT2D eigenvalue weighted by atomic mass is 10.2. The molecule has 5 nitrogen and oxygen atoms in total. The molecular weight excluding hydrogens is 302 g/mol. The number of nitrogens with one attached hydrogen (secondary N) is 1. The highest BCUT2D eigenvalue weighted by Crippen LogP contribution is 2.26. The van der Waals surface area contributed by atoms with Crippen LogP contribution in [-0.2, 0) is 14.8 Å². The molecule has 1 aromatic rings. The van der Waals surface area contributed by atoms with Crippen molar-refractivity contribution in [2.24, 2.45) is 0 Å². The number of sulfonamides is 1. The summed E-state index contributed by atoms with van der Waals surface area (Å²) in [6.07, 6.45) is 2.89. The summed E-state index contributed by atoms with van der Waals surface area (Å²) >= 11 is 5.94. The molecule has 0 spiro atoms. The molecule has 0 radical (unpaired) electrons. The van der Waals surface area contributed by atoms with Gasteiger partial charge in [-0.2, -0.15) is 0 Å². The van der Waals surface area contributed by atoms with E-state index in [1.165, 1.54) is 25.3 Å². The van der Waals surface area contributed by atoms with Gasteiger partial charge in [-0.05, 0) is 37.5 Å². The maximum absolute atomic E-state index is 12.1. The van der Waals surface area contributed by atoms with Crippen LogP contribution in [0, 0.1) is 0 Å². The van der Waals surface area contributed by atoms with Gasteiger partial charge < -0.3 is 9.47 Å². The Labute approximate surface area is 124 Å². The van der Waals surface area contributed by atoms with Gasteiger partial charge in [-0.3, -0.25) is 0 Å². The fraction of sp³-hybridized carbons (Fsp3) is 0.538. The first-order chi connectivity index (χ1) is 9.53. The highest BCUT2D eigenvalue weighted by Gasteiger charge is 2.19. The first-order valence-electron chi connectivity index (χ1n) is 6.48. The van der Waals surface area contributed by atoms with Gasteiger partial charge >= 0.3 is 0 Å². The second-order valence-electron chi connectivity index (χ2n) is 4.62. The van der Waals surface area contributed by atoms with Crippen LogP contribution >= 0.6 is 11.6 Å². The highest BCUT2D eigenvalue weighted by molar-refractivity contribution is 7.89. The standard InChI is InChI=1S/C13H18ClNO4S/c1-18-13-5-4-11(9-12(13)14)20(16,17)15-7-6-10-3-2-8-19-10/h4-5,9-10,15H,2-3,6-8H2,1H3. The lowest BCUT2D eigenvalue weighted by Crippen LogP contribution is -2.27. The third-order valence-corrected chi connectivity index (χ3v) is 4.97. The van der Waals surface area contributed by atoms with E-state index in [1.807, 2.05) is 0 Å². The van der Waals surface area contributed by atoms with Crippen molar-refractivity contribution in [1.82, 2.24) is 4.72 Å². The van der Waals surface area contributed by atoms with Crippen molar-refractivity contribution in [3.8, 4) is 5.75 Å². The first kappa shape index (κ1) is 15.6. The maximum Gasteiger partial charge on any atom is 0.240 e. The van der Waals surface area contributed by atoms with E-state index in [9.17, 15) is 8.42 Å². The van der Waals surface area contributed by atoms with Crippen LogP contribution < -0.4 is 9.46 Å². The van der Waals surface area contributed by atoms with Crippen LogP contribution in [0.5, 0.6) is 5.75 Å². The van der Waals surface area contributed by atoms with Gasteiger partial charge in [0.05, 0.1) is 23.1 Å². The van der Waals surface area contributed by atoms with Crippen LogP contribution in [0.4, 0.5) is 0 Å². The highest BCUT2D eigenvalue weighted by atomic mass is 35.5. The normalized spacial score (nSPS) is 19.2. The average molecular weight is 320 g/mol. The van der Waals surface area contributed by atoms with Crippen LogP contribution in [0.1, 0.15) is 19.3 Å². The number of halogens is 1. The monoisotopic (exact) mass is 319 g/mol. The summed E-state index contributed by atoms with van der Waals surface area (Å²) in [7, 11) is -2.06. The number of hydrogen-bond acceptors (Lipinski definition) is 4. The molecule has 2 rings (SSSR count). The molecule has 1 aromatic carbocycles. The van der Waals surface area contributed by atoms with E-state index in [2.05, 4.69) is 4.72 Å². The molecule has 1 unspecified atom stereocenters. The van der Waals surface area contributed by atoms with Crippen LogP contribution in [0.2, 0.25) is 5.02 Å². The van der Waals surface area contributed by atoms with Gasteiger partial charge in [-0.15, -0.1) is 0 Å². The van der Waals surface area contributed by atoms with E-state index in [0.29, 0.717) is 18.7 Å². The SMILES string of the molecule is COc1ccc(S(=O)(=O)NCCC2CCCO2)cc1Cl. The van der Waals surface area contributed by atoms with E-state index in [0.717, 1.165) is 19.4 Å². The summed E-state index contributed by atoms with van der Waals surface area (Å²) in [5.74, 6) is 0.449. The Morgan fingerprint density at radius 1 is 1.50 bits per heavy atom. The van der Waals surface area contributed by atoms with Crippen molar-refractivity contribution in [1.29, 1.82) is 0 Å².